The highest BCUT2D eigenvalue weighted by Crippen LogP contribution is 2.30. The molecule has 0 saturated carbocycles. The number of nitrogens with one attached hydrogen (secondary N) is 2. The molecular formula is C14H16N2O. The standard InChI is InChI=1S/C14H16N2O/c1-3-10(4-2)16-14(17)12-9-15-13-8-6-5-7-11(12)13/h1,5-8,10,12,15H,4,9H2,2H3,(H,16,17). The van der Waals surface area contributed by atoms with Crippen LogP contribution in [0.4, 0.5) is 5.69 Å². The second-order valence-electron chi connectivity index (χ2n) is 4.16. The number of amides is 1. The van der Waals surface area contributed by atoms with Gasteiger partial charge in [-0.25, -0.2) is 0 Å². The molecule has 1 heterocycles. The molecule has 1 aliphatic heterocycles. The maximum Gasteiger partial charge on any atom is 0.230 e. The summed E-state index contributed by atoms with van der Waals surface area (Å²) in [6, 6.07) is 7.71. The third kappa shape index (κ3) is 2.26. The molecule has 2 N–H and O–H groups in total. The van der Waals surface area contributed by atoms with Gasteiger partial charge in [-0.3, -0.25) is 4.79 Å². The summed E-state index contributed by atoms with van der Waals surface area (Å²) < 4.78 is 0. The number of carbonyl (C=O) groups excluding carboxylic acids is 1. The van der Waals surface area contributed by atoms with Gasteiger partial charge in [-0.05, 0) is 18.1 Å². The van der Waals surface area contributed by atoms with Gasteiger partial charge in [-0.2, -0.15) is 0 Å². The van der Waals surface area contributed by atoms with Gasteiger partial charge >= 0.3 is 0 Å². The first kappa shape index (κ1) is 11.5. The van der Waals surface area contributed by atoms with E-state index in [1.54, 1.807) is 0 Å². The van der Waals surface area contributed by atoms with E-state index in [0.717, 1.165) is 17.7 Å². The molecule has 0 fully saturated rings. The van der Waals surface area contributed by atoms with Crippen LogP contribution in [0.25, 0.3) is 0 Å². The monoisotopic (exact) mass is 228 g/mol. The van der Waals surface area contributed by atoms with Crippen molar-refractivity contribution in [2.75, 3.05) is 11.9 Å². The van der Waals surface area contributed by atoms with Crippen LogP contribution >= 0.6 is 0 Å². The van der Waals surface area contributed by atoms with E-state index in [0.29, 0.717) is 6.54 Å². The second kappa shape index (κ2) is 4.92. The first-order valence-electron chi connectivity index (χ1n) is 5.85. The molecule has 1 aromatic carbocycles. The number of rotatable bonds is 3. The maximum absolute atomic E-state index is 12.1. The van der Waals surface area contributed by atoms with Gasteiger partial charge in [0.05, 0.1) is 12.0 Å². The molecule has 2 atom stereocenters. The highest BCUT2D eigenvalue weighted by atomic mass is 16.2. The van der Waals surface area contributed by atoms with Crippen molar-refractivity contribution in [3.05, 3.63) is 29.8 Å². The lowest BCUT2D eigenvalue weighted by Gasteiger charge is -2.15. The summed E-state index contributed by atoms with van der Waals surface area (Å²) in [5, 5.41) is 6.11. The Morgan fingerprint density at radius 3 is 3.12 bits per heavy atom. The Morgan fingerprint density at radius 2 is 2.41 bits per heavy atom. The van der Waals surface area contributed by atoms with Gasteiger partial charge in [0.1, 0.15) is 0 Å². The average molecular weight is 228 g/mol. The van der Waals surface area contributed by atoms with Gasteiger partial charge in [0, 0.05) is 12.2 Å². The lowest BCUT2D eigenvalue weighted by Crippen LogP contribution is -2.37. The molecule has 0 aromatic heterocycles. The number of hydrogen-bond donors (Lipinski definition) is 2. The molecule has 1 aromatic rings. The van der Waals surface area contributed by atoms with E-state index in [4.69, 9.17) is 6.42 Å². The normalized spacial score (nSPS) is 18.7. The summed E-state index contributed by atoms with van der Waals surface area (Å²) in [6.07, 6.45) is 6.10. The Labute approximate surface area is 102 Å². The van der Waals surface area contributed by atoms with Gasteiger partial charge in [-0.15, -0.1) is 6.42 Å². The number of anilines is 1. The topological polar surface area (TPSA) is 41.1 Å². The minimum Gasteiger partial charge on any atom is -0.384 e. The molecule has 0 saturated heterocycles. The summed E-state index contributed by atoms with van der Waals surface area (Å²) >= 11 is 0. The number of fused-ring (bicyclic) bond motifs is 1. The van der Waals surface area contributed by atoms with E-state index in [9.17, 15) is 4.79 Å². The number of carbonyl (C=O) groups is 1. The van der Waals surface area contributed by atoms with Crippen molar-refractivity contribution in [2.24, 2.45) is 0 Å². The van der Waals surface area contributed by atoms with Crippen LogP contribution in [0.2, 0.25) is 0 Å². The quantitative estimate of drug-likeness (QED) is 0.773. The smallest absolute Gasteiger partial charge is 0.230 e. The van der Waals surface area contributed by atoms with Crippen molar-refractivity contribution in [1.82, 2.24) is 5.32 Å². The lowest BCUT2D eigenvalue weighted by atomic mass is 10.00. The largest absolute Gasteiger partial charge is 0.384 e. The molecule has 1 aliphatic rings. The molecule has 0 radical (unpaired) electrons. The molecule has 0 aliphatic carbocycles. The van der Waals surface area contributed by atoms with Crippen LogP contribution in [0, 0.1) is 12.3 Å². The SMILES string of the molecule is C#CC(CC)NC(=O)C1CNc2ccccc21. The van der Waals surface area contributed by atoms with Crippen LogP contribution in [0.3, 0.4) is 0 Å². The van der Waals surface area contributed by atoms with Crippen LogP contribution in [0.1, 0.15) is 24.8 Å². The van der Waals surface area contributed by atoms with E-state index >= 15 is 0 Å². The molecule has 0 spiro atoms. The number of benzene rings is 1. The summed E-state index contributed by atoms with van der Waals surface area (Å²) in [6.45, 7) is 2.61. The number of hydrogen-bond acceptors (Lipinski definition) is 2. The molecule has 2 unspecified atom stereocenters. The van der Waals surface area contributed by atoms with E-state index in [-0.39, 0.29) is 17.9 Å². The average Bonchev–Trinajstić information content (AvgIpc) is 2.79. The maximum atomic E-state index is 12.1. The van der Waals surface area contributed by atoms with Crippen LogP contribution in [-0.2, 0) is 4.79 Å². The molecule has 3 heteroatoms. The van der Waals surface area contributed by atoms with Gasteiger partial charge in [-0.1, -0.05) is 31.0 Å². The fourth-order valence-corrected chi connectivity index (χ4v) is 2.05. The highest BCUT2D eigenvalue weighted by molar-refractivity contribution is 5.88. The summed E-state index contributed by atoms with van der Waals surface area (Å²) in [4.78, 5) is 12.1. The van der Waals surface area contributed by atoms with Crippen molar-refractivity contribution in [3.63, 3.8) is 0 Å². The Morgan fingerprint density at radius 1 is 1.65 bits per heavy atom. The van der Waals surface area contributed by atoms with Crippen LogP contribution < -0.4 is 10.6 Å². The Kier molecular flexibility index (Phi) is 3.34. The second-order valence-corrected chi connectivity index (χ2v) is 4.16. The van der Waals surface area contributed by atoms with Gasteiger partial charge in [0.15, 0.2) is 0 Å². The van der Waals surface area contributed by atoms with Crippen LogP contribution in [0.5, 0.6) is 0 Å². The zero-order valence-electron chi connectivity index (χ0n) is 9.86. The van der Waals surface area contributed by atoms with E-state index in [2.05, 4.69) is 16.6 Å². The lowest BCUT2D eigenvalue weighted by molar-refractivity contribution is -0.122. The van der Waals surface area contributed by atoms with Crippen molar-refractivity contribution < 1.29 is 4.79 Å². The molecule has 3 nitrogen and oxygen atoms in total. The first-order chi connectivity index (χ1) is 8.26. The number of para-hydroxylation sites is 1. The molecule has 88 valence electrons. The predicted molar refractivity (Wildman–Crippen MR) is 68.7 cm³/mol. The van der Waals surface area contributed by atoms with E-state index < -0.39 is 0 Å². The zero-order valence-corrected chi connectivity index (χ0v) is 9.86. The van der Waals surface area contributed by atoms with E-state index in [1.807, 2.05) is 31.2 Å². The van der Waals surface area contributed by atoms with Crippen molar-refractivity contribution >= 4 is 11.6 Å². The summed E-state index contributed by atoms with van der Waals surface area (Å²) in [5.74, 6) is 2.45. The molecule has 17 heavy (non-hydrogen) atoms. The van der Waals surface area contributed by atoms with Crippen LogP contribution in [-0.4, -0.2) is 18.5 Å². The predicted octanol–water partition coefficient (Wildman–Crippen LogP) is 1.72. The van der Waals surface area contributed by atoms with Gasteiger partial charge < -0.3 is 10.6 Å². The van der Waals surface area contributed by atoms with Crippen molar-refractivity contribution in [2.45, 2.75) is 25.3 Å². The summed E-state index contributed by atoms with van der Waals surface area (Å²) in [5.41, 5.74) is 2.10. The van der Waals surface area contributed by atoms with E-state index in [1.165, 1.54) is 0 Å². The fraction of sp³-hybridized carbons (Fsp3) is 0.357. The Bertz CT molecular complexity index is 462. The Balaban J connectivity index is 2.10. The fourth-order valence-electron chi connectivity index (χ4n) is 2.05. The third-order valence-corrected chi connectivity index (χ3v) is 3.08. The Hall–Kier alpha value is -1.95. The minimum absolute atomic E-state index is 0.00671. The van der Waals surface area contributed by atoms with Crippen molar-refractivity contribution in [1.29, 1.82) is 0 Å². The van der Waals surface area contributed by atoms with Gasteiger partial charge in [0.25, 0.3) is 0 Å². The minimum atomic E-state index is -0.171. The van der Waals surface area contributed by atoms with Crippen molar-refractivity contribution in [3.8, 4) is 12.3 Å². The molecular weight excluding hydrogens is 212 g/mol. The first-order valence-corrected chi connectivity index (χ1v) is 5.85. The highest BCUT2D eigenvalue weighted by Gasteiger charge is 2.28. The number of terminal acetylenes is 1. The molecule has 1 amide bonds. The summed E-state index contributed by atoms with van der Waals surface area (Å²) in [7, 11) is 0. The molecule has 2 rings (SSSR count). The third-order valence-electron chi connectivity index (χ3n) is 3.08. The zero-order chi connectivity index (χ0) is 12.3. The molecule has 0 bridgehead atoms. The van der Waals surface area contributed by atoms with Gasteiger partial charge in [0.2, 0.25) is 5.91 Å². The van der Waals surface area contributed by atoms with Crippen LogP contribution in [0.15, 0.2) is 24.3 Å².